The van der Waals surface area contributed by atoms with Crippen LogP contribution in [0.15, 0.2) is 36.5 Å². The minimum absolute atomic E-state index is 0.0233. The minimum Gasteiger partial charge on any atom is -0.489 e. The van der Waals surface area contributed by atoms with Crippen molar-refractivity contribution in [3.05, 3.63) is 42.2 Å². The maximum Gasteiger partial charge on any atom is 0.415 e. The molecular formula is C21H22N3O6P. The normalized spacial score (nSPS) is 20.3. The van der Waals surface area contributed by atoms with Gasteiger partial charge in [-0.05, 0) is 36.2 Å². The Hall–Kier alpha value is -2.92. The number of pyridine rings is 1. The van der Waals surface area contributed by atoms with Crippen LogP contribution in [0.25, 0.3) is 11.1 Å². The van der Waals surface area contributed by atoms with Gasteiger partial charge in [0.05, 0.1) is 18.9 Å². The molecule has 2 aliphatic heterocycles. The molecule has 0 aliphatic carbocycles. The summed E-state index contributed by atoms with van der Waals surface area (Å²) in [5.41, 5.74) is 2.62. The van der Waals surface area contributed by atoms with Crippen molar-refractivity contribution in [3.63, 3.8) is 0 Å². The van der Waals surface area contributed by atoms with Crippen LogP contribution >= 0.6 is 8.25 Å². The second kappa shape index (κ2) is 9.48. The van der Waals surface area contributed by atoms with Gasteiger partial charge in [-0.2, -0.15) is 5.26 Å². The number of carbonyl (C=O) groups is 1. The number of hydrogen-bond acceptors (Lipinski definition) is 8. The highest BCUT2D eigenvalue weighted by molar-refractivity contribution is 7.33. The second-order valence-corrected chi connectivity index (χ2v) is 8.24. The molecule has 3 atom stereocenters. The van der Waals surface area contributed by atoms with E-state index in [2.05, 4.69) is 4.98 Å². The quantitative estimate of drug-likeness (QED) is 0.446. The fourth-order valence-corrected chi connectivity index (χ4v) is 4.17. The number of ether oxygens (including phenoxy) is 2. The molecule has 1 amide bonds. The summed E-state index contributed by atoms with van der Waals surface area (Å²) in [5, 5.41) is 8.89. The van der Waals surface area contributed by atoms with E-state index >= 15 is 0 Å². The summed E-state index contributed by atoms with van der Waals surface area (Å²) in [5.74, 6) is 0.549. The molecule has 0 saturated carbocycles. The number of aromatic nitrogens is 1. The predicted octanol–water partition coefficient (Wildman–Crippen LogP) is 3.93. The summed E-state index contributed by atoms with van der Waals surface area (Å²) < 4.78 is 33.6. The molecule has 4 rings (SSSR count). The van der Waals surface area contributed by atoms with Crippen LogP contribution in [0.1, 0.15) is 25.5 Å². The first-order chi connectivity index (χ1) is 15.1. The van der Waals surface area contributed by atoms with Crippen LogP contribution in [-0.2, 0) is 18.3 Å². The number of carbonyl (C=O) groups excluding carboxylic acids is 1. The number of amides is 1. The van der Waals surface area contributed by atoms with Gasteiger partial charge in [0.2, 0.25) is 0 Å². The Morgan fingerprint density at radius 1 is 1.29 bits per heavy atom. The number of anilines is 1. The fourth-order valence-electron chi connectivity index (χ4n) is 3.48. The first-order valence-electron chi connectivity index (χ1n) is 10.0. The number of nitrogens with zero attached hydrogens (tertiary/aromatic N) is 3. The third kappa shape index (κ3) is 4.57. The van der Waals surface area contributed by atoms with Gasteiger partial charge in [0.15, 0.2) is 6.10 Å². The molecule has 2 aliphatic rings. The van der Waals surface area contributed by atoms with Crippen LogP contribution in [-0.4, -0.2) is 43.0 Å². The van der Waals surface area contributed by atoms with Crippen molar-refractivity contribution in [1.29, 1.82) is 5.26 Å². The summed E-state index contributed by atoms with van der Waals surface area (Å²) in [6.45, 7) is 2.59. The molecule has 9 nitrogen and oxygen atoms in total. The van der Waals surface area contributed by atoms with Crippen molar-refractivity contribution >= 4 is 20.0 Å². The standard InChI is InChI=1S/C21H22N3O6P/c1-2-3-8-28-31(26)29-13-20-18-12-27-19-9-14(15-4-6-16(10-22)23-11-15)5-7-17(19)24(18)21(25)30-20/h4-7,9,11,18,20,31H,2-3,8,12-13H2,1H3/t18-,20-/m0/s1. The van der Waals surface area contributed by atoms with Gasteiger partial charge >= 0.3 is 14.3 Å². The topological polar surface area (TPSA) is 111 Å². The summed E-state index contributed by atoms with van der Waals surface area (Å²) in [7, 11) is -2.63. The summed E-state index contributed by atoms with van der Waals surface area (Å²) in [6.07, 6.45) is 2.26. The average Bonchev–Trinajstić information content (AvgIpc) is 3.13. The van der Waals surface area contributed by atoms with Crippen molar-refractivity contribution in [1.82, 2.24) is 4.98 Å². The lowest BCUT2D eigenvalue weighted by Gasteiger charge is -2.31. The van der Waals surface area contributed by atoms with E-state index in [-0.39, 0.29) is 19.3 Å². The Balaban J connectivity index is 1.45. The lowest BCUT2D eigenvalue weighted by molar-refractivity contribution is 0.0769. The van der Waals surface area contributed by atoms with Crippen LogP contribution in [0.5, 0.6) is 5.75 Å². The van der Waals surface area contributed by atoms with Crippen LogP contribution in [0.4, 0.5) is 10.5 Å². The smallest absolute Gasteiger partial charge is 0.415 e. The number of benzene rings is 1. The van der Waals surface area contributed by atoms with Gasteiger partial charge in [-0.3, -0.25) is 9.46 Å². The molecule has 31 heavy (non-hydrogen) atoms. The first-order valence-corrected chi connectivity index (χ1v) is 11.3. The number of nitriles is 1. The van der Waals surface area contributed by atoms with Crippen molar-refractivity contribution in [3.8, 4) is 22.9 Å². The van der Waals surface area contributed by atoms with E-state index in [1.165, 1.54) is 0 Å². The van der Waals surface area contributed by atoms with Gasteiger partial charge in [0.25, 0.3) is 0 Å². The summed E-state index contributed by atoms with van der Waals surface area (Å²) in [6, 6.07) is 10.5. The van der Waals surface area contributed by atoms with E-state index < -0.39 is 20.5 Å². The van der Waals surface area contributed by atoms with Crippen molar-refractivity contribution in [2.24, 2.45) is 0 Å². The van der Waals surface area contributed by atoms with Crippen LogP contribution in [0.2, 0.25) is 0 Å². The van der Waals surface area contributed by atoms with E-state index in [9.17, 15) is 9.36 Å². The van der Waals surface area contributed by atoms with Crippen molar-refractivity contribution in [2.75, 3.05) is 24.7 Å². The van der Waals surface area contributed by atoms with Gasteiger partial charge in [-0.15, -0.1) is 0 Å². The fraction of sp³-hybridized carbons (Fsp3) is 0.381. The highest BCUT2D eigenvalue weighted by Crippen LogP contribution is 2.41. The molecule has 3 heterocycles. The molecule has 0 spiro atoms. The molecule has 1 saturated heterocycles. The average molecular weight is 443 g/mol. The van der Waals surface area contributed by atoms with E-state index in [0.29, 0.717) is 23.7 Å². The third-order valence-corrected chi connectivity index (χ3v) is 5.98. The molecule has 0 bridgehead atoms. The molecule has 0 N–H and O–H groups in total. The lowest BCUT2D eigenvalue weighted by Crippen LogP contribution is -2.45. The predicted molar refractivity (Wildman–Crippen MR) is 112 cm³/mol. The number of cyclic esters (lactones) is 1. The van der Waals surface area contributed by atoms with Crippen LogP contribution in [0, 0.1) is 11.3 Å². The van der Waals surface area contributed by atoms with E-state index in [0.717, 1.165) is 24.0 Å². The summed E-state index contributed by atoms with van der Waals surface area (Å²) >= 11 is 0. The van der Waals surface area contributed by atoms with Gasteiger partial charge in [0, 0.05) is 11.8 Å². The molecule has 10 heteroatoms. The molecule has 1 aromatic heterocycles. The highest BCUT2D eigenvalue weighted by atomic mass is 31.1. The highest BCUT2D eigenvalue weighted by Gasteiger charge is 2.46. The number of unbranched alkanes of at least 4 members (excludes halogenated alkanes) is 1. The molecule has 2 aromatic rings. The van der Waals surface area contributed by atoms with Crippen LogP contribution < -0.4 is 9.64 Å². The number of fused-ring (bicyclic) bond motifs is 3. The lowest BCUT2D eigenvalue weighted by atomic mass is 10.0. The van der Waals surface area contributed by atoms with Crippen LogP contribution in [0.3, 0.4) is 0 Å². The Labute approximate surface area is 180 Å². The van der Waals surface area contributed by atoms with E-state index in [4.69, 9.17) is 23.8 Å². The maximum absolute atomic E-state index is 12.5. The molecule has 1 aromatic carbocycles. The summed E-state index contributed by atoms with van der Waals surface area (Å²) in [4.78, 5) is 18.1. The molecular weight excluding hydrogens is 421 g/mol. The molecule has 1 unspecified atom stereocenters. The van der Waals surface area contributed by atoms with Gasteiger partial charge < -0.3 is 18.5 Å². The van der Waals surface area contributed by atoms with Gasteiger partial charge in [0.1, 0.15) is 30.2 Å². The SMILES string of the molecule is CCCCO[PH](=O)OC[C@@H]1OC(=O)N2c3ccc(-c4ccc(C#N)nc4)cc3OC[C@@H]12. The zero-order valence-corrected chi connectivity index (χ0v) is 17.9. The molecule has 162 valence electrons. The van der Waals surface area contributed by atoms with Gasteiger partial charge in [-0.1, -0.05) is 19.4 Å². The zero-order chi connectivity index (χ0) is 21.8. The Morgan fingerprint density at radius 2 is 2.13 bits per heavy atom. The van der Waals surface area contributed by atoms with Crippen molar-refractivity contribution in [2.45, 2.75) is 31.9 Å². The van der Waals surface area contributed by atoms with Gasteiger partial charge in [-0.25, -0.2) is 9.78 Å². The van der Waals surface area contributed by atoms with E-state index in [1.807, 2.05) is 25.1 Å². The van der Waals surface area contributed by atoms with Crippen molar-refractivity contribution < 1.29 is 27.9 Å². The Kier molecular flexibility index (Phi) is 6.52. The maximum atomic E-state index is 12.5. The Bertz CT molecular complexity index is 1020. The zero-order valence-electron chi connectivity index (χ0n) is 16.9. The number of rotatable bonds is 8. The Morgan fingerprint density at radius 3 is 2.87 bits per heavy atom. The largest absolute Gasteiger partial charge is 0.489 e. The molecule has 1 fully saturated rings. The first kappa shape index (κ1) is 21.3. The number of hydrogen-bond donors (Lipinski definition) is 0. The minimum atomic E-state index is -2.63. The monoisotopic (exact) mass is 443 g/mol. The second-order valence-electron chi connectivity index (χ2n) is 7.16. The van der Waals surface area contributed by atoms with E-state index in [1.54, 1.807) is 29.3 Å². The molecule has 0 radical (unpaired) electrons. The third-order valence-electron chi connectivity index (χ3n) is 5.13.